The SMILES string of the molecule is CCOc1cccc(F)c1CN1CCN(C(=O)[C@H](N)C2CCN(CCc3cc(Cl)ccc3-c3coc4ccccc34)CC2)CC1. The van der Waals surface area contributed by atoms with E-state index in [9.17, 15) is 9.18 Å². The van der Waals surface area contributed by atoms with E-state index in [4.69, 9.17) is 26.5 Å². The largest absolute Gasteiger partial charge is 0.493 e. The number of halogens is 2. The molecule has 4 aromatic rings. The van der Waals surface area contributed by atoms with Gasteiger partial charge in [0, 0.05) is 60.8 Å². The van der Waals surface area contributed by atoms with Crippen molar-refractivity contribution in [3.63, 3.8) is 0 Å². The predicted molar refractivity (Wildman–Crippen MR) is 177 cm³/mol. The number of nitrogens with two attached hydrogens (primary N) is 1. The van der Waals surface area contributed by atoms with Crippen LogP contribution in [-0.4, -0.2) is 79.1 Å². The normalized spacial score (nSPS) is 17.6. The highest BCUT2D eigenvalue weighted by molar-refractivity contribution is 6.30. The van der Waals surface area contributed by atoms with Crippen LogP contribution < -0.4 is 10.5 Å². The summed E-state index contributed by atoms with van der Waals surface area (Å²) < 4.78 is 26.0. The molecule has 0 spiro atoms. The van der Waals surface area contributed by atoms with Gasteiger partial charge in [0.15, 0.2) is 0 Å². The highest BCUT2D eigenvalue weighted by Gasteiger charge is 2.33. The maximum atomic E-state index is 14.6. The second kappa shape index (κ2) is 14.3. The van der Waals surface area contributed by atoms with Crippen LogP contribution in [0.2, 0.25) is 5.02 Å². The van der Waals surface area contributed by atoms with E-state index in [2.05, 4.69) is 28.0 Å². The Labute approximate surface area is 269 Å². The number of para-hydroxylation sites is 1. The van der Waals surface area contributed by atoms with Crippen molar-refractivity contribution in [2.45, 2.75) is 38.8 Å². The smallest absolute Gasteiger partial charge is 0.239 e. The van der Waals surface area contributed by atoms with Crippen LogP contribution in [0.25, 0.3) is 22.1 Å². The Hall–Kier alpha value is -3.43. The predicted octanol–water partition coefficient (Wildman–Crippen LogP) is 6.22. The molecule has 0 unspecified atom stereocenters. The zero-order valence-electron chi connectivity index (χ0n) is 25.9. The number of nitrogens with zero attached hydrogens (tertiary/aromatic N) is 3. The van der Waals surface area contributed by atoms with Crippen molar-refractivity contribution in [1.82, 2.24) is 14.7 Å². The third-order valence-corrected chi connectivity index (χ3v) is 9.64. The molecule has 3 heterocycles. The molecule has 1 aromatic heterocycles. The van der Waals surface area contributed by atoms with Crippen molar-refractivity contribution in [1.29, 1.82) is 0 Å². The van der Waals surface area contributed by atoms with E-state index < -0.39 is 6.04 Å². The number of carbonyl (C=O) groups excluding carboxylic acids is 1. The number of benzene rings is 3. The molecule has 6 rings (SSSR count). The lowest BCUT2D eigenvalue weighted by Gasteiger charge is -2.39. The quantitative estimate of drug-likeness (QED) is 0.224. The first-order chi connectivity index (χ1) is 21.9. The maximum Gasteiger partial charge on any atom is 0.239 e. The van der Waals surface area contributed by atoms with Gasteiger partial charge in [-0.05, 0) is 86.7 Å². The number of piperazine rings is 1. The number of carbonyl (C=O) groups is 1. The zero-order chi connectivity index (χ0) is 31.3. The molecule has 0 bridgehead atoms. The van der Waals surface area contributed by atoms with Gasteiger partial charge >= 0.3 is 0 Å². The maximum absolute atomic E-state index is 14.6. The molecule has 7 nitrogen and oxygen atoms in total. The molecule has 2 N–H and O–H groups in total. The second-order valence-electron chi connectivity index (χ2n) is 12.2. The third-order valence-electron chi connectivity index (χ3n) is 9.40. The van der Waals surface area contributed by atoms with Crippen molar-refractivity contribution in [2.24, 2.45) is 11.7 Å². The van der Waals surface area contributed by atoms with E-state index in [0.29, 0.717) is 50.6 Å². The van der Waals surface area contributed by atoms with Gasteiger partial charge < -0.3 is 24.7 Å². The first kappa shape index (κ1) is 31.5. The summed E-state index contributed by atoms with van der Waals surface area (Å²) >= 11 is 6.42. The summed E-state index contributed by atoms with van der Waals surface area (Å²) in [6.45, 7) is 8.13. The minimum absolute atomic E-state index is 0.0323. The minimum atomic E-state index is -0.497. The van der Waals surface area contributed by atoms with Gasteiger partial charge in [0.05, 0.1) is 18.9 Å². The Kier molecular flexibility index (Phi) is 10.0. The summed E-state index contributed by atoms with van der Waals surface area (Å²) in [5, 5.41) is 1.83. The number of fused-ring (bicyclic) bond motifs is 1. The summed E-state index contributed by atoms with van der Waals surface area (Å²) in [6.07, 6.45) is 4.50. The first-order valence-corrected chi connectivity index (χ1v) is 16.4. The van der Waals surface area contributed by atoms with Gasteiger partial charge in [-0.1, -0.05) is 41.9 Å². The number of ether oxygens (including phenoxy) is 1. The average Bonchev–Trinajstić information content (AvgIpc) is 3.49. The van der Waals surface area contributed by atoms with E-state index in [-0.39, 0.29) is 17.6 Å². The van der Waals surface area contributed by atoms with Gasteiger partial charge in [-0.15, -0.1) is 0 Å². The van der Waals surface area contributed by atoms with Gasteiger partial charge in [0.25, 0.3) is 0 Å². The van der Waals surface area contributed by atoms with Gasteiger partial charge in [0.2, 0.25) is 5.91 Å². The fraction of sp³-hybridized carbons (Fsp3) is 0.417. The fourth-order valence-electron chi connectivity index (χ4n) is 6.78. The molecule has 9 heteroatoms. The molecular weight excluding hydrogens is 591 g/mol. The number of rotatable bonds is 10. The highest BCUT2D eigenvalue weighted by atomic mass is 35.5. The molecule has 0 radical (unpaired) electrons. The Balaban J connectivity index is 0.989. The van der Waals surface area contributed by atoms with Gasteiger partial charge in [0.1, 0.15) is 17.1 Å². The van der Waals surface area contributed by atoms with Crippen LogP contribution >= 0.6 is 11.6 Å². The Morgan fingerprint density at radius 3 is 2.56 bits per heavy atom. The molecule has 2 aliphatic rings. The molecule has 3 aromatic carbocycles. The van der Waals surface area contributed by atoms with Gasteiger partial charge in [-0.25, -0.2) is 4.39 Å². The molecule has 0 saturated carbocycles. The molecule has 2 aliphatic heterocycles. The lowest BCUT2D eigenvalue weighted by atomic mass is 9.88. The molecule has 45 heavy (non-hydrogen) atoms. The van der Waals surface area contributed by atoms with Gasteiger partial charge in [-0.3, -0.25) is 9.69 Å². The van der Waals surface area contributed by atoms with Crippen molar-refractivity contribution in [2.75, 3.05) is 52.4 Å². The van der Waals surface area contributed by atoms with Crippen molar-refractivity contribution >= 4 is 28.5 Å². The van der Waals surface area contributed by atoms with Crippen LogP contribution in [0.4, 0.5) is 4.39 Å². The number of hydrogen-bond donors (Lipinski definition) is 1. The topological polar surface area (TPSA) is 75.2 Å². The van der Waals surface area contributed by atoms with Crippen LogP contribution in [0.5, 0.6) is 5.75 Å². The summed E-state index contributed by atoms with van der Waals surface area (Å²) in [5.41, 5.74) is 11.5. The molecule has 2 fully saturated rings. The van der Waals surface area contributed by atoms with Crippen LogP contribution in [-0.2, 0) is 17.8 Å². The van der Waals surface area contributed by atoms with Crippen LogP contribution in [0.15, 0.2) is 71.3 Å². The van der Waals surface area contributed by atoms with Crippen molar-refractivity contribution in [3.8, 4) is 16.9 Å². The monoisotopic (exact) mass is 632 g/mol. The molecule has 0 aliphatic carbocycles. The number of piperidine rings is 1. The van der Waals surface area contributed by atoms with E-state index >= 15 is 0 Å². The highest BCUT2D eigenvalue weighted by Crippen LogP contribution is 2.34. The molecule has 1 atom stereocenters. The van der Waals surface area contributed by atoms with E-state index in [1.807, 2.05) is 48.4 Å². The molecule has 238 valence electrons. The van der Waals surface area contributed by atoms with E-state index in [1.165, 1.54) is 11.6 Å². The first-order valence-electron chi connectivity index (χ1n) is 16.1. The summed E-state index contributed by atoms with van der Waals surface area (Å²) in [4.78, 5) is 19.9. The van der Waals surface area contributed by atoms with Gasteiger partial charge in [-0.2, -0.15) is 0 Å². The second-order valence-corrected chi connectivity index (χ2v) is 12.6. The van der Waals surface area contributed by atoms with E-state index in [0.717, 1.165) is 66.0 Å². The van der Waals surface area contributed by atoms with Crippen molar-refractivity contribution < 1.29 is 18.3 Å². The lowest BCUT2D eigenvalue weighted by molar-refractivity contribution is -0.136. The lowest BCUT2D eigenvalue weighted by Crippen LogP contribution is -2.55. The Bertz CT molecular complexity index is 1610. The molecular formula is C36H42ClFN4O3. The third kappa shape index (κ3) is 7.20. The summed E-state index contributed by atoms with van der Waals surface area (Å²) in [7, 11) is 0. The van der Waals surface area contributed by atoms with Crippen LogP contribution in [0.1, 0.15) is 30.9 Å². The number of amides is 1. The summed E-state index contributed by atoms with van der Waals surface area (Å²) in [6, 6.07) is 18.6. The number of likely N-dealkylation sites (tertiary alicyclic amines) is 1. The van der Waals surface area contributed by atoms with E-state index in [1.54, 1.807) is 6.07 Å². The fourth-order valence-corrected chi connectivity index (χ4v) is 6.97. The zero-order valence-corrected chi connectivity index (χ0v) is 26.6. The molecule has 2 saturated heterocycles. The molecule has 1 amide bonds. The number of furan rings is 1. The Morgan fingerprint density at radius 1 is 1.00 bits per heavy atom. The average molecular weight is 633 g/mol. The van der Waals surface area contributed by atoms with Crippen LogP contribution in [0.3, 0.4) is 0 Å². The Morgan fingerprint density at radius 2 is 1.78 bits per heavy atom. The minimum Gasteiger partial charge on any atom is -0.493 e. The van der Waals surface area contributed by atoms with Crippen molar-refractivity contribution in [3.05, 3.63) is 88.9 Å². The standard InChI is InChI=1S/C36H42ClFN4O3/c1-2-44-34-9-5-7-32(38)30(34)23-41-18-20-42(21-19-41)36(43)35(39)25-12-15-40(16-13-25)17-14-26-22-27(37)10-11-28(26)31-24-45-33-8-4-3-6-29(31)33/h3-11,22,24-25,35H,2,12-21,23,39H2,1H3/t35-/m1/s1. The summed E-state index contributed by atoms with van der Waals surface area (Å²) in [5.74, 6) is 0.527. The van der Waals surface area contributed by atoms with Crippen LogP contribution in [0, 0.1) is 11.7 Å². The number of hydrogen-bond acceptors (Lipinski definition) is 6.